The van der Waals surface area contributed by atoms with Crippen LogP contribution >= 0.6 is 0 Å². The van der Waals surface area contributed by atoms with E-state index in [-0.39, 0.29) is 17.0 Å². The zero-order valence-electron chi connectivity index (χ0n) is 18.9. The molecule has 0 radical (unpaired) electrons. The number of benzene rings is 3. The molecule has 2 heterocycles. The molecule has 178 valence electrons. The molecule has 2 bridgehead atoms. The van der Waals surface area contributed by atoms with E-state index < -0.39 is 25.1 Å². The largest absolute Gasteiger partial charge is 0.457 e. The molecule has 0 saturated carbocycles. The van der Waals surface area contributed by atoms with Gasteiger partial charge in [-0.15, -0.1) is 0 Å². The minimum atomic E-state index is -3.75. The second-order valence-electron chi connectivity index (χ2n) is 9.01. The van der Waals surface area contributed by atoms with Gasteiger partial charge >= 0.3 is 0 Å². The lowest BCUT2D eigenvalue weighted by atomic mass is 10.1. The van der Waals surface area contributed by atoms with Crippen molar-refractivity contribution in [3.8, 4) is 11.5 Å². The Labute approximate surface area is 201 Å². The minimum Gasteiger partial charge on any atom is -0.457 e. The van der Waals surface area contributed by atoms with Crippen molar-refractivity contribution in [2.24, 2.45) is 0 Å². The van der Waals surface area contributed by atoms with Crippen LogP contribution in [-0.4, -0.2) is 38.5 Å². The first-order chi connectivity index (χ1) is 16.3. The van der Waals surface area contributed by atoms with Gasteiger partial charge in [0.2, 0.25) is 10.0 Å². The number of hydrogen-bond acceptors (Lipinski definition) is 5. The quantitative estimate of drug-likeness (QED) is 0.482. The van der Waals surface area contributed by atoms with Crippen LogP contribution in [-0.2, 0) is 19.9 Å². The van der Waals surface area contributed by atoms with Crippen LogP contribution in [0.2, 0.25) is 0 Å². The molecule has 2 aliphatic rings. The summed E-state index contributed by atoms with van der Waals surface area (Å²) >= 11 is 0. The number of sulfone groups is 1. The number of fused-ring (bicyclic) bond motifs is 2. The first-order valence-corrected chi connectivity index (χ1v) is 14.4. The molecule has 8 heteroatoms. The number of piperidine rings is 1. The van der Waals surface area contributed by atoms with E-state index in [4.69, 9.17) is 4.74 Å². The van der Waals surface area contributed by atoms with Crippen LogP contribution < -0.4 is 4.74 Å². The molecule has 0 aliphatic carbocycles. The van der Waals surface area contributed by atoms with Gasteiger partial charge in [0.05, 0.1) is 15.0 Å². The number of para-hydroxylation sites is 1. The SMILES string of the molecule is Cc1ccccc1Oc1ccc(S(=O)(=O)N2C3CCC2CC(S(=O)(=O)c2ccccc2)C3)cc1. The monoisotopic (exact) mass is 497 g/mol. The van der Waals surface area contributed by atoms with Crippen molar-refractivity contribution in [2.45, 2.75) is 59.7 Å². The highest BCUT2D eigenvalue weighted by atomic mass is 32.2. The van der Waals surface area contributed by atoms with Crippen molar-refractivity contribution in [3.05, 3.63) is 84.4 Å². The van der Waals surface area contributed by atoms with Gasteiger partial charge in [-0.2, -0.15) is 4.31 Å². The smallest absolute Gasteiger partial charge is 0.243 e. The van der Waals surface area contributed by atoms with Gasteiger partial charge in [0.15, 0.2) is 9.84 Å². The first kappa shape index (κ1) is 23.1. The van der Waals surface area contributed by atoms with Crippen molar-refractivity contribution in [2.75, 3.05) is 0 Å². The second-order valence-corrected chi connectivity index (χ2v) is 13.1. The topological polar surface area (TPSA) is 80.8 Å². The van der Waals surface area contributed by atoms with Crippen LogP contribution in [0.5, 0.6) is 11.5 Å². The maximum absolute atomic E-state index is 13.5. The van der Waals surface area contributed by atoms with E-state index in [2.05, 4.69) is 0 Å². The molecule has 0 spiro atoms. The Hall–Kier alpha value is -2.68. The van der Waals surface area contributed by atoms with E-state index in [0.29, 0.717) is 36.3 Å². The molecule has 0 N–H and O–H groups in total. The fourth-order valence-corrected chi connectivity index (χ4v) is 8.90. The highest BCUT2D eigenvalue weighted by Crippen LogP contribution is 2.43. The molecule has 2 saturated heterocycles. The second kappa shape index (κ2) is 8.83. The van der Waals surface area contributed by atoms with Crippen LogP contribution in [0, 0.1) is 6.92 Å². The minimum absolute atomic E-state index is 0.200. The van der Waals surface area contributed by atoms with Crippen LogP contribution in [0.25, 0.3) is 0 Å². The van der Waals surface area contributed by atoms with Crippen LogP contribution in [0.15, 0.2) is 88.7 Å². The highest BCUT2D eigenvalue weighted by molar-refractivity contribution is 7.92. The van der Waals surface area contributed by atoms with Gasteiger partial charge in [-0.1, -0.05) is 36.4 Å². The summed E-state index contributed by atoms with van der Waals surface area (Å²) in [6, 6.07) is 21.9. The summed E-state index contributed by atoms with van der Waals surface area (Å²) in [5.41, 5.74) is 0.990. The number of sulfonamides is 1. The summed E-state index contributed by atoms with van der Waals surface area (Å²) in [5, 5.41) is -0.566. The average Bonchev–Trinajstić information content (AvgIpc) is 3.12. The molecular weight excluding hydrogens is 470 g/mol. The zero-order chi connectivity index (χ0) is 23.9. The third-order valence-corrected chi connectivity index (χ3v) is 11.1. The Bertz CT molecular complexity index is 1370. The van der Waals surface area contributed by atoms with Crippen molar-refractivity contribution in [1.82, 2.24) is 4.31 Å². The lowest BCUT2D eigenvalue weighted by molar-refractivity contribution is 0.249. The summed E-state index contributed by atoms with van der Waals surface area (Å²) in [6.45, 7) is 1.95. The third kappa shape index (κ3) is 4.15. The summed E-state index contributed by atoms with van der Waals surface area (Å²) in [5.74, 6) is 1.28. The lowest BCUT2D eigenvalue weighted by Crippen LogP contribution is -2.49. The van der Waals surface area contributed by atoms with E-state index in [9.17, 15) is 16.8 Å². The van der Waals surface area contributed by atoms with Crippen molar-refractivity contribution in [3.63, 3.8) is 0 Å². The Balaban J connectivity index is 1.35. The van der Waals surface area contributed by atoms with E-state index >= 15 is 0 Å². The van der Waals surface area contributed by atoms with Crippen LogP contribution in [0.4, 0.5) is 0 Å². The average molecular weight is 498 g/mol. The summed E-state index contributed by atoms with van der Waals surface area (Å²) in [7, 11) is -7.24. The Morgan fingerprint density at radius 3 is 1.94 bits per heavy atom. The third-order valence-electron chi connectivity index (χ3n) is 6.85. The van der Waals surface area contributed by atoms with Crippen molar-refractivity contribution in [1.29, 1.82) is 0 Å². The molecule has 2 atom stereocenters. The van der Waals surface area contributed by atoms with E-state index in [1.165, 1.54) is 0 Å². The molecule has 6 nitrogen and oxygen atoms in total. The van der Waals surface area contributed by atoms with Crippen molar-refractivity contribution < 1.29 is 21.6 Å². The van der Waals surface area contributed by atoms with Crippen molar-refractivity contribution >= 4 is 19.9 Å². The molecule has 3 aromatic carbocycles. The predicted molar refractivity (Wildman–Crippen MR) is 130 cm³/mol. The Kier molecular flexibility index (Phi) is 6.00. The molecule has 2 unspecified atom stereocenters. The first-order valence-electron chi connectivity index (χ1n) is 11.4. The van der Waals surface area contributed by atoms with Gasteiger partial charge in [-0.05, 0) is 80.6 Å². The number of hydrogen-bond donors (Lipinski definition) is 0. The van der Waals surface area contributed by atoms with Gasteiger partial charge in [-0.3, -0.25) is 0 Å². The van der Waals surface area contributed by atoms with Gasteiger partial charge in [-0.25, -0.2) is 16.8 Å². The molecule has 0 amide bonds. The van der Waals surface area contributed by atoms with E-state index in [1.807, 2.05) is 31.2 Å². The fourth-order valence-electron chi connectivity index (χ4n) is 5.13. The fraction of sp³-hybridized carbons (Fsp3) is 0.308. The maximum Gasteiger partial charge on any atom is 0.243 e. The number of ether oxygens (including phenoxy) is 1. The van der Waals surface area contributed by atoms with E-state index in [0.717, 1.165) is 11.3 Å². The number of rotatable bonds is 6. The standard InChI is InChI=1S/C26H27NO5S2/c1-19-7-5-6-10-26(19)32-22-13-15-24(16-14-22)34(30,31)27-20-11-12-21(27)18-25(17-20)33(28,29)23-8-3-2-4-9-23/h2-10,13-16,20-21,25H,11-12,17-18H2,1H3. The van der Waals surface area contributed by atoms with Gasteiger partial charge < -0.3 is 4.74 Å². The number of nitrogens with zero attached hydrogens (tertiary/aromatic N) is 1. The summed E-state index contributed by atoms with van der Waals surface area (Å²) in [4.78, 5) is 0.505. The predicted octanol–water partition coefficient (Wildman–Crippen LogP) is 4.95. The highest BCUT2D eigenvalue weighted by Gasteiger charge is 2.50. The van der Waals surface area contributed by atoms with Gasteiger partial charge in [0, 0.05) is 12.1 Å². The normalized spacial score (nSPS) is 23.0. The molecule has 34 heavy (non-hydrogen) atoms. The molecule has 3 aromatic rings. The molecule has 0 aromatic heterocycles. The zero-order valence-corrected chi connectivity index (χ0v) is 20.5. The summed E-state index contributed by atoms with van der Waals surface area (Å²) in [6.07, 6.45) is 2.00. The molecular formula is C26H27NO5S2. The Morgan fingerprint density at radius 2 is 1.32 bits per heavy atom. The molecule has 5 rings (SSSR count). The number of aryl methyl sites for hydroxylation is 1. The molecule has 2 aliphatic heterocycles. The lowest BCUT2D eigenvalue weighted by Gasteiger charge is -2.37. The van der Waals surface area contributed by atoms with Crippen LogP contribution in [0.1, 0.15) is 31.2 Å². The maximum atomic E-state index is 13.5. The Morgan fingerprint density at radius 1 is 0.735 bits per heavy atom. The van der Waals surface area contributed by atoms with E-state index in [1.54, 1.807) is 58.9 Å². The van der Waals surface area contributed by atoms with Crippen LogP contribution in [0.3, 0.4) is 0 Å². The summed E-state index contributed by atoms with van der Waals surface area (Å²) < 4.78 is 60.8. The molecule has 2 fully saturated rings. The van der Waals surface area contributed by atoms with Gasteiger partial charge in [0.1, 0.15) is 11.5 Å². The van der Waals surface area contributed by atoms with Gasteiger partial charge in [0.25, 0.3) is 0 Å².